The van der Waals surface area contributed by atoms with E-state index in [1.165, 1.54) is 22.5 Å². The Bertz CT molecular complexity index is 578. The van der Waals surface area contributed by atoms with Gasteiger partial charge >= 0.3 is 0 Å². The van der Waals surface area contributed by atoms with Gasteiger partial charge < -0.3 is 10.4 Å². The smallest absolute Gasteiger partial charge is 0.0669 e. The summed E-state index contributed by atoms with van der Waals surface area (Å²) in [6, 6.07) is 10.5. The maximum atomic E-state index is 9.34. The molecule has 0 saturated heterocycles. The van der Waals surface area contributed by atoms with Gasteiger partial charge in [-0.25, -0.2) is 0 Å². The van der Waals surface area contributed by atoms with E-state index in [4.69, 9.17) is 0 Å². The zero-order chi connectivity index (χ0) is 15.9. The molecule has 0 amide bonds. The van der Waals surface area contributed by atoms with E-state index in [-0.39, 0.29) is 12.6 Å². The standard InChI is InChI=1S/C18H27N3O/c1-4-16-15(18(5-2)21(3)20-16)13-19-17(11-12-22)14-9-7-6-8-10-14/h6-10,17,19,22H,4-5,11-13H2,1-3H3/t17-/m1/s1. The number of aryl methyl sites for hydroxylation is 2. The average molecular weight is 301 g/mol. The van der Waals surface area contributed by atoms with Crippen LogP contribution in [0.5, 0.6) is 0 Å². The molecule has 0 spiro atoms. The average Bonchev–Trinajstić information content (AvgIpc) is 2.87. The van der Waals surface area contributed by atoms with Crippen molar-refractivity contribution in [2.75, 3.05) is 6.61 Å². The van der Waals surface area contributed by atoms with E-state index in [1.807, 2.05) is 29.9 Å². The Hall–Kier alpha value is -1.65. The monoisotopic (exact) mass is 301 g/mol. The van der Waals surface area contributed by atoms with E-state index in [2.05, 4.69) is 36.4 Å². The largest absolute Gasteiger partial charge is 0.396 e. The molecule has 2 rings (SSSR count). The van der Waals surface area contributed by atoms with Crippen LogP contribution in [0.2, 0.25) is 0 Å². The molecule has 4 heteroatoms. The fourth-order valence-corrected chi connectivity index (χ4v) is 3.02. The minimum Gasteiger partial charge on any atom is -0.396 e. The van der Waals surface area contributed by atoms with Gasteiger partial charge in [0.05, 0.1) is 5.69 Å². The Morgan fingerprint density at radius 3 is 2.50 bits per heavy atom. The molecular formula is C18H27N3O. The topological polar surface area (TPSA) is 50.1 Å². The van der Waals surface area contributed by atoms with Crippen molar-refractivity contribution in [2.45, 2.75) is 45.7 Å². The maximum Gasteiger partial charge on any atom is 0.0669 e. The van der Waals surface area contributed by atoms with Crippen LogP contribution in [0, 0.1) is 0 Å². The Labute approximate surface area is 133 Å². The van der Waals surface area contributed by atoms with Crippen LogP contribution in [0.1, 0.15) is 48.8 Å². The van der Waals surface area contributed by atoms with E-state index in [0.29, 0.717) is 6.42 Å². The van der Waals surface area contributed by atoms with Gasteiger partial charge in [0.1, 0.15) is 0 Å². The molecule has 0 aliphatic rings. The maximum absolute atomic E-state index is 9.34. The number of aromatic nitrogens is 2. The molecule has 0 aliphatic carbocycles. The molecule has 2 N–H and O–H groups in total. The van der Waals surface area contributed by atoms with Crippen LogP contribution < -0.4 is 5.32 Å². The van der Waals surface area contributed by atoms with Gasteiger partial charge in [0, 0.05) is 37.5 Å². The van der Waals surface area contributed by atoms with Crippen molar-refractivity contribution in [3.8, 4) is 0 Å². The predicted octanol–water partition coefficient (Wildman–Crippen LogP) is 2.76. The van der Waals surface area contributed by atoms with Gasteiger partial charge in [0.2, 0.25) is 0 Å². The quantitative estimate of drug-likeness (QED) is 0.788. The highest BCUT2D eigenvalue weighted by molar-refractivity contribution is 5.27. The Morgan fingerprint density at radius 1 is 1.18 bits per heavy atom. The van der Waals surface area contributed by atoms with Crippen LogP contribution >= 0.6 is 0 Å². The summed E-state index contributed by atoms with van der Waals surface area (Å²) in [6.07, 6.45) is 2.64. The Morgan fingerprint density at radius 2 is 1.91 bits per heavy atom. The number of aliphatic hydroxyl groups excluding tert-OH is 1. The van der Waals surface area contributed by atoms with E-state index in [0.717, 1.165) is 19.4 Å². The van der Waals surface area contributed by atoms with Gasteiger partial charge in [-0.2, -0.15) is 5.10 Å². The van der Waals surface area contributed by atoms with Crippen molar-refractivity contribution >= 4 is 0 Å². The Kier molecular flexibility index (Phi) is 6.16. The van der Waals surface area contributed by atoms with Crippen LogP contribution in [-0.2, 0) is 26.4 Å². The Balaban J connectivity index is 2.16. The SMILES string of the molecule is CCc1nn(C)c(CC)c1CN[C@H](CCO)c1ccccc1. The predicted molar refractivity (Wildman–Crippen MR) is 89.7 cm³/mol. The lowest BCUT2D eigenvalue weighted by Gasteiger charge is -2.19. The van der Waals surface area contributed by atoms with Gasteiger partial charge in [-0.1, -0.05) is 44.2 Å². The molecule has 22 heavy (non-hydrogen) atoms. The van der Waals surface area contributed by atoms with E-state index in [9.17, 15) is 5.11 Å². The highest BCUT2D eigenvalue weighted by Gasteiger charge is 2.16. The molecule has 1 atom stereocenters. The second-order valence-electron chi connectivity index (χ2n) is 5.56. The molecule has 0 fully saturated rings. The molecule has 0 unspecified atom stereocenters. The third-order valence-electron chi connectivity index (χ3n) is 4.17. The molecule has 1 aromatic heterocycles. The molecule has 1 aromatic carbocycles. The molecule has 0 bridgehead atoms. The lowest BCUT2D eigenvalue weighted by atomic mass is 10.0. The minimum absolute atomic E-state index is 0.167. The molecule has 4 nitrogen and oxygen atoms in total. The van der Waals surface area contributed by atoms with Crippen molar-refractivity contribution in [2.24, 2.45) is 7.05 Å². The number of aliphatic hydroxyl groups is 1. The molecule has 0 radical (unpaired) electrons. The summed E-state index contributed by atoms with van der Waals surface area (Å²) in [4.78, 5) is 0. The third-order valence-corrected chi connectivity index (χ3v) is 4.17. The highest BCUT2D eigenvalue weighted by Crippen LogP contribution is 2.20. The first kappa shape index (κ1) is 16.7. The van der Waals surface area contributed by atoms with E-state index < -0.39 is 0 Å². The van der Waals surface area contributed by atoms with Crippen LogP contribution in [0.4, 0.5) is 0 Å². The molecule has 1 heterocycles. The van der Waals surface area contributed by atoms with Gasteiger partial charge in [0.25, 0.3) is 0 Å². The minimum atomic E-state index is 0.167. The van der Waals surface area contributed by atoms with Gasteiger partial charge in [-0.15, -0.1) is 0 Å². The van der Waals surface area contributed by atoms with Gasteiger partial charge in [-0.3, -0.25) is 4.68 Å². The van der Waals surface area contributed by atoms with Crippen LogP contribution in [-0.4, -0.2) is 21.5 Å². The van der Waals surface area contributed by atoms with Crippen molar-refractivity contribution in [3.05, 3.63) is 52.8 Å². The number of hydrogen-bond donors (Lipinski definition) is 2. The number of rotatable bonds is 8. The zero-order valence-corrected chi connectivity index (χ0v) is 13.8. The number of nitrogens with zero attached hydrogens (tertiary/aromatic N) is 2. The van der Waals surface area contributed by atoms with Crippen molar-refractivity contribution in [1.82, 2.24) is 15.1 Å². The first-order chi connectivity index (χ1) is 10.7. The normalized spacial score (nSPS) is 12.5. The molecule has 2 aromatic rings. The third kappa shape index (κ3) is 3.76. The fourth-order valence-electron chi connectivity index (χ4n) is 3.02. The second kappa shape index (κ2) is 8.11. The fraction of sp³-hybridized carbons (Fsp3) is 0.500. The summed E-state index contributed by atoms with van der Waals surface area (Å²) < 4.78 is 2.00. The summed E-state index contributed by atoms with van der Waals surface area (Å²) in [5.41, 5.74) is 4.99. The van der Waals surface area contributed by atoms with Crippen molar-refractivity contribution in [3.63, 3.8) is 0 Å². The van der Waals surface area contributed by atoms with Crippen LogP contribution in [0.3, 0.4) is 0 Å². The molecule has 120 valence electrons. The molecule has 0 aliphatic heterocycles. The summed E-state index contributed by atoms with van der Waals surface area (Å²) in [6.45, 7) is 5.29. The summed E-state index contributed by atoms with van der Waals surface area (Å²) >= 11 is 0. The lowest BCUT2D eigenvalue weighted by Crippen LogP contribution is -2.23. The number of hydrogen-bond acceptors (Lipinski definition) is 3. The van der Waals surface area contributed by atoms with Crippen LogP contribution in [0.25, 0.3) is 0 Å². The van der Waals surface area contributed by atoms with E-state index >= 15 is 0 Å². The van der Waals surface area contributed by atoms with Crippen LogP contribution in [0.15, 0.2) is 30.3 Å². The van der Waals surface area contributed by atoms with Crippen molar-refractivity contribution in [1.29, 1.82) is 0 Å². The van der Waals surface area contributed by atoms with E-state index in [1.54, 1.807) is 0 Å². The molecular weight excluding hydrogens is 274 g/mol. The lowest BCUT2D eigenvalue weighted by molar-refractivity contribution is 0.265. The summed E-state index contributed by atoms with van der Waals surface area (Å²) in [5.74, 6) is 0. The van der Waals surface area contributed by atoms with Gasteiger partial charge in [0.15, 0.2) is 0 Å². The number of nitrogens with one attached hydrogen (secondary N) is 1. The summed E-state index contributed by atoms with van der Waals surface area (Å²) in [7, 11) is 2.02. The van der Waals surface area contributed by atoms with Gasteiger partial charge in [-0.05, 0) is 24.8 Å². The first-order valence-electron chi connectivity index (χ1n) is 8.14. The summed E-state index contributed by atoms with van der Waals surface area (Å²) in [5, 5.41) is 17.6. The highest BCUT2D eigenvalue weighted by atomic mass is 16.3. The molecule has 0 saturated carbocycles. The second-order valence-corrected chi connectivity index (χ2v) is 5.56. The number of benzene rings is 1. The first-order valence-corrected chi connectivity index (χ1v) is 8.14. The zero-order valence-electron chi connectivity index (χ0n) is 13.8. The van der Waals surface area contributed by atoms with Crippen molar-refractivity contribution < 1.29 is 5.11 Å².